The van der Waals surface area contributed by atoms with Gasteiger partial charge in [0.05, 0.1) is 5.39 Å². The Kier molecular flexibility index (Phi) is 5.39. The average Bonchev–Trinajstić information content (AvgIpc) is 2.75. The van der Waals surface area contributed by atoms with Gasteiger partial charge in [0.15, 0.2) is 0 Å². The van der Waals surface area contributed by atoms with Gasteiger partial charge in [0, 0.05) is 43.9 Å². The summed E-state index contributed by atoms with van der Waals surface area (Å²) in [6, 6.07) is 7.97. The molecule has 2 heterocycles. The number of carboxylic acid groups (broad SMARTS) is 1. The van der Waals surface area contributed by atoms with Crippen molar-refractivity contribution in [3.05, 3.63) is 52.4 Å². The van der Waals surface area contributed by atoms with E-state index in [1.165, 1.54) is 18.8 Å². The minimum absolute atomic E-state index is 0.127. The van der Waals surface area contributed by atoms with Crippen molar-refractivity contribution in [3.63, 3.8) is 0 Å². The standard InChI is InChI=1S/C22H25N5O3/c1-26(2)15-10-8-14(9-11-15)24-22-23-12-17-19(28)18(21(29)30)13-27(20(17)25-22)16-6-4-3-5-7-16/h8-13,16H,3-7H2,1-2H3,(H,29,30)(H,23,24,25). The van der Waals surface area contributed by atoms with Crippen LogP contribution in [0.25, 0.3) is 11.0 Å². The largest absolute Gasteiger partial charge is 0.477 e. The highest BCUT2D eigenvalue weighted by Crippen LogP contribution is 2.30. The molecule has 0 amide bonds. The van der Waals surface area contributed by atoms with E-state index in [0.717, 1.165) is 37.1 Å². The first-order valence-electron chi connectivity index (χ1n) is 10.1. The molecule has 8 nitrogen and oxygen atoms in total. The number of aromatic nitrogens is 3. The molecule has 0 spiro atoms. The third-order valence-corrected chi connectivity index (χ3v) is 5.61. The summed E-state index contributed by atoms with van der Waals surface area (Å²) >= 11 is 0. The molecule has 1 saturated carbocycles. The van der Waals surface area contributed by atoms with Crippen LogP contribution in [0.5, 0.6) is 0 Å². The van der Waals surface area contributed by atoms with Gasteiger partial charge in [0.2, 0.25) is 11.4 Å². The second-order valence-electron chi connectivity index (χ2n) is 7.87. The minimum atomic E-state index is -1.23. The van der Waals surface area contributed by atoms with E-state index in [4.69, 9.17) is 0 Å². The number of hydrogen-bond acceptors (Lipinski definition) is 6. The molecule has 30 heavy (non-hydrogen) atoms. The number of benzene rings is 1. The van der Waals surface area contributed by atoms with Gasteiger partial charge in [0.25, 0.3) is 0 Å². The van der Waals surface area contributed by atoms with Crippen molar-refractivity contribution < 1.29 is 9.90 Å². The van der Waals surface area contributed by atoms with Crippen molar-refractivity contribution in [1.82, 2.24) is 14.5 Å². The van der Waals surface area contributed by atoms with Crippen molar-refractivity contribution in [2.45, 2.75) is 38.1 Å². The molecule has 1 aliphatic carbocycles. The Morgan fingerprint density at radius 1 is 1.17 bits per heavy atom. The number of carbonyl (C=O) groups is 1. The molecule has 2 aromatic heterocycles. The molecule has 3 aromatic rings. The number of carboxylic acids is 1. The number of nitrogens with zero attached hydrogens (tertiary/aromatic N) is 4. The highest BCUT2D eigenvalue weighted by Gasteiger charge is 2.22. The molecule has 0 unspecified atom stereocenters. The van der Waals surface area contributed by atoms with Crippen LogP contribution in [0.3, 0.4) is 0 Å². The van der Waals surface area contributed by atoms with E-state index < -0.39 is 11.4 Å². The highest BCUT2D eigenvalue weighted by molar-refractivity contribution is 5.91. The molecule has 1 aliphatic rings. The van der Waals surface area contributed by atoms with Gasteiger partial charge in [-0.25, -0.2) is 9.78 Å². The third kappa shape index (κ3) is 3.85. The fourth-order valence-electron chi connectivity index (χ4n) is 3.96. The van der Waals surface area contributed by atoms with E-state index in [1.807, 2.05) is 47.8 Å². The van der Waals surface area contributed by atoms with Crippen LogP contribution < -0.4 is 15.6 Å². The second-order valence-corrected chi connectivity index (χ2v) is 7.87. The number of pyridine rings is 1. The first-order chi connectivity index (χ1) is 14.4. The summed E-state index contributed by atoms with van der Waals surface area (Å²) in [6.45, 7) is 0. The van der Waals surface area contributed by atoms with Crippen molar-refractivity contribution in [2.75, 3.05) is 24.3 Å². The number of anilines is 3. The van der Waals surface area contributed by atoms with Crippen molar-refractivity contribution >= 4 is 34.3 Å². The first kappa shape index (κ1) is 19.9. The van der Waals surface area contributed by atoms with E-state index in [0.29, 0.717) is 11.6 Å². The lowest BCUT2D eigenvalue weighted by Gasteiger charge is -2.26. The number of nitrogens with one attached hydrogen (secondary N) is 1. The second kappa shape index (κ2) is 8.14. The van der Waals surface area contributed by atoms with E-state index in [9.17, 15) is 14.7 Å². The molecule has 0 radical (unpaired) electrons. The van der Waals surface area contributed by atoms with Crippen LogP contribution in [0.1, 0.15) is 48.5 Å². The maximum Gasteiger partial charge on any atom is 0.341 e. The Morgan fingerprint density at radius 2 is 1.87 bits per heavy atom. The molecule has 8 heteroatoms. The summed E-state index contributed by atoms with van der Waals surface area (Å²) in [7, 11) is 3.95. The number of aromatic carboxylic acids is 1. The smallest absolute Gasteiger partial charge is 0.341 e. The lowest BCUT2D eigenvalue weighted by Crippen LogP contribution is -2.23. The number of hydrogen-bond donors (Lipinski definition) is 2. The minimum Gasteiger partial charge on any atom is -0.477 e. The summed E-state index contributed by atoms with van der Waals surface area (Å²) in [5.41, 5.74) is 1.59. The van der Waals surface area contributed by atoms with E-state index >= 15 is 0 Å². The molecule has 0 bridgehead atoms. The topological polar surface area (TPSA) is 100 Å². The SMILES string of the molecule is CN(C)c1ccc(Nc2ncc3c(=O)c(C(=O)O)cn(C4CCCCC4)c3n2)cc1. The lowest BCUT2D eigenvalue weighted by atomic mass is 9.95. The van der Waals surface area contributed by atoms with Crippen molar-refractivity contribution in [2.24, 2.45) is 0 Å². The highest BCUT2D eigenvalue weighted by atomic mass is 16.4. The molecule has 4 rings (SSSR count). The molecular formula is C22H25N5O3. The monoisotopic (exact) mass is 407 g/mol. The zero-order valence-electron chi connectivity index (χ0n) is 17.1. The Morgan fingerprint density at radius 3 is 2.50 bits per heavy atom. The van der Waals surface area contributed by atoms with Crippen LogP contribution in [0.15, 0.2) is 41.5 Å². The number of fused-ring (bicyclic) bond motifs is 1. The first-order valence-corrected chi connectivity index (χ1v) is 10.1. The predicted octanol–water partition coefficient (Wildman–Crippen LogP) is 3.80. The summed E-state index contributed by atoms with van der Waals surface area (Å²) in [6.07, 6.45) is 8.08. The van der Waals surface area contributed by atoms with E-state index in [-0.39, 0.29) is 17.0 Å². The molecular weight excluding hydrogens is 382 g/mol. The molecule has 0 saturated heterocycles. The molecule has 1 aromatic carbocycles. The van der Waals surface area contributed by atoms with Gasteiger partial charge < -0.3 is 19.9 Å². The lowest BCUT2D eigenvalue weighted by molar-refractivity contribution is 0.0694. The van der Waals surface area contributed by atoms with Crippen molar-refractivity contribution in [1.29, 1.82) is 0 Å². The molecule has 0 aliphatic heterocycles. The fourth-order valence-corrected chi connectivity index (χ4v) is 3.96. The van der Waals surface area contributed by atoms with Gasteiger partial charge in [-0.15, -0.1) is 0 Å². The zero-order chi connectivity index (χ0) is 21.3. The van der Waals surface area contributed by atoms with Crippen molar-refractivity contribution in [3.8, 4) is 0 Å². The quantitative estimate of drug-likeness (QED) is 0.663. The summed E-state index contributed by atoms with van der Waals surface area (Å²) < 4.78 is 1.86. The fraction of sp³-hybridized carbons (Fsp3) is 0.364. The molecule has 1 fully saturated rings. The summed E-state index contributed by atoms with van der Waals surface area (Å²) in [4.78, 5) is 35.2. The molecule has 0 atom stereocenters. The van der Waals surface area contributed by atoms with Gasteiger partial charge in [-0.1, -0.05) is 19.3 Å². The van der Waals surface area contributed by atoms with Crippen LogP contribution >= 0.6 is 0 Å². The van der Waals surface area contributed by atoms with Crippen LogP contribution in [0.4, 0.5) is 17.3 Å². The third-order valence-electron chi connectivity index (χ3n) is 5.61. The van der Waals surface area contributed by atoms with Gasteiger partial charge in [-0.3, -0.25) is 4.79 Å². The average molecular weight is 407 g/mol. The van der Waals surface area contributed by atoms with Gasteiger partial charge in [-0.05, 0) is 37.1 Å². The maximum absolute atomic E-state index is 12.7. The van der Waals surface area contributed by atoms with Crippen LogP contribution in [-0.2, 0) is 0 Å². The Hall–Kier alpha value is -3.42. The van der Waals surface area contributed by atoms with E-state index in [2.05, 4.69) is 15.3 Å². The maximum atomic E-state index is 12.7. The van der Waals surface area contributed by atoms with Crippen LogP contribution in [-0.4, -0.2) is 39.7 Å². The number of rotatable bonds is 5. The van der Waals surface area contributed by atoms with Crippen LogP contribution in [0, 0.1) is 0 Å². The molecule has 156 valence electrons. The van der Waals surface area contributed by atoms with Gasteiger partial charge >= 0.3 is 5.97 Å². The normalized spacial score (nSPS) is 14.6. The van der Waals surface area contributed by atoms with Gasteiger partial charge in [-0.2, -0.15) is 4.98 Å². The predicted molar refractivity (Wildman–Crippen MR) is 117 cm³/mol. The molecule has 2 N–H and O–H groups in total. The van der Waals surface area contributed by atoms with Gasteiger partial charge in [0.1, 0.15) is 11.2 Å². The Balaban J connectivity index is 1.77. The summed E-state index contributed by atoms with van der Waals surface area (Å²) in [5.74, 6) is -0.859. The Bertz CT molecular complexity index is 1130. The zero-order valence-corrected chi connectivity index (χ0v) is 17.1. The summed E-state index contributed by atoms with van der Waals surface area (Å²) in [5, 5.41) is 12.9. The Labute approximate surface area is 174 Å². The van der Waals surface area contributed by atoms with Crippen LogP contribution in [0.2, 0.25) is 0 Å². The van der Waals surface area contributed by atoms with E-state index in [1.54, 1.807) is 0 Å².